The van der Waals surface area contributed by atoms with E-state index in [4.69, 9.17) is 5.11 Å². The zero-order chi connectivity index (χ0) is 13.8. The molecule has 1 aromatic rings. The molecule has 1 saturated heterocycles. The first-order valence-electron chi connectivity index (χ1n) is 6.65. The molecular weight excluding hydrogens is 242 g/mol. The van der Waals surface area contributed by atoms with Crippen LogP contribution < -0.4 is 4.90 Å². The summed E-state index contributed by atoms with van der Waals surface area (Å²) in [4.78, 5) is 19.6. The van der Waals surface area contributed by atoms with Crippen LogP contribution in [0.2, 0.25) is 0 Å². The van der Waals surface area contributed by atoms with E-state index in [0.29, 0.717) is 11.5 Å². The Balaban J connectivity index is 1.97. The molecular formula is C14H21N3O2. The number of pyridine rings is 1. The zero-order valence-corrected chi connectivity index (χ0v) is 11.5. The van der Waals surface area contributed by atoms with Crippen molar-refractivity contribution in [1.82, 2.24) is 9.88 Å². The Bertz CT molecular complexity index is 442. The van der Waals surface area contributed by atoms with Gasteiger partial charge in [-0.1, -0.05) is 0 Å². The predicted octanol–water partition coefficient (Wildman–Crippen LogP) is 1.56. The van der Waals surface area contributed by atoms with Crippen molar-refractivity contribution >= 4 is 11.8 Å². The number of carbonyl (C=O) groups is 1. The number of piperidine rings is 1. The van der Waals surface area contributed by atoms with Gasteiger partial charge in [-0.2, -0.15) is 0 Å². The maximum Gasteiger partial charge on any atom is 0.335 e. The summed E-state index contributed by atoms with van der Waals surface area (Å²) in [5.74, 6) is 0.492. The van der Waals surface area contributed by atoms with E-state index in [1.807, 2.05) is 7.05 Å². The number of carboxylic acid groups (broad SMARTS) is 1. The van der Waals surface area contributed by atoms with Crippen LogP contribution in [-0.4, -0.2) is 54.7 Å². The smallest absolute Gasteiger partial charge is 0.335 e. The Morgan fingerprint density at radius 3 is 2.84 bits per heavy atom. The molecule has 5 nitrogen and oxygen atoms in total. The fourth-order valence-corrected chi connectivity index (χ4v) is 2.49. The van der Waals surface area contributed by atoms with Crippen molar-refractivity contribution in [2.75, 3.05) is 38.6 Å². The number of aromatic carboxylic acids is 1. The molecule has 0 atom stereocenters. The summed E-state index contributed by atoms with van der Waals surface area (Å²) in [7, 11) is 4.13. The maximum atomic E-state index is 11.0. The minimum atomic E-state index is -0.906. The van der Waals surface area contributed by atoms with Gasteiger partial charge in [0, 0.05) is 19.8 Å². The van der Waals surface area contributed by atoms with Gasteiger partial charge >= 0.3 is 5.97 Å². The molecule has 0 aliphatic carbocycles. The molecule has 0 saturated carbocycles. The van der Waals surface area contributed by atoms with Gasteiger partial charge in [0.1, 0.15) is 5.82 Å². The van der Waals surface area contributed by atoms with E-state index in [0.717, 1.165) is 25.5 Å². The fourth-order valence-electron chi connectivity index (χ4n) is 2.49. The first kappa shape index (κ1) is 13.8. The topological polar surface area (TPSA) is 56.7 Å². The normalized spacial score (nSPS) is 17.4. The lowest BCUT2D eigenvalue weighted by Crippen LogP contribution is -2.36. The van der Waals surface area contributed by atoms with Crippen molar-refractivity contribution < 1.29 is 9.90 Å². The lowest BCUT2D eigenvalue weighted by atomic mass is 9.97. The minimum Gasteiger partial charge on any atom is -0.478 e. The summed E-state index contributed by atoms with van der Waals surface area (Å²) in [5, 5.41) is 8.99. The highest BCUT2D eigenvalue weighted by molar-refractivity contribution is 5.88. The molecule has 0 spiro atoms. The molecule has 0 unspecified atom stereocenters. The molecule has 0 radical (unpaired) electrons. The Hall–Kier alpha value is -1.62. The van der Waals surface area contributed by atoms with Crippen molar-refractivity contribution in [2.45, 2.75) is 12.8 Å². The molecule has 1 aromatic heterocycles. The molecule has 0 amide bonds. The maximum absolute atomic E-state index is 11.0. The van der Waals surface area contributed by atoms with E-state index < -0.39 is 5.97 Å². The Kier molecular flexibility index (Phi) is 4.37. The van der Waals surface area contributed by atoms with Crippen LogP contribution in [-0.2, 0) is 0 Å². The van der Waals surface area contributed by atoms with Crippen LogP contribution in [0, 0.1) is 5.92 Å². The first-order valence-corrected chi connectivity index (χ1v) is 6.65. The third-order valence-corrected chi connectivity index (χ3v) is 3.75. The molecule has 1 aliphatic rings. The quantitative estimate of drug-likeness (QED) is 0.893. The van der Waals surface area contributed by atoms with Gasteiger partial charge in [0.15, 0.2) is 0 Å². The molecule has 5 heteroatoms. The van der Waals surface area contributed by atoms with Crippen molar-refractivity contribution in [3.05, 3.63) is 23.9 Å². The number of hydrogen-bond donors (Lipinski definition) is 1. The predicted molar refractivity (Wildman–Crippen MR) is 74.7 cm³/mol. The lowest BCUT2D eigenvalue weighted by Gasteiger charge is -2.32. The van der Waals surface area contributed by atoms with E-state index >= 15 is 0 Å². The van der Waals surface area contributed by atoms with Gasteiger partial charge in [-0.05, 0) is 51.0 Å². The molecule has 1 N–H and O–H groups in total. The Morgan fingerprint density at radius 2 is 2.21 bits per heavy atom. The standard InChI is InChI=1S/C14H21N3O2/c1-16-7-4-11(5-8-16)10-17(2)13-9-12(14(18)19)3-6-15-13/h3,6,9,11H,4-5,7-8,10H2,1-2H3,(H,18,19). The summed E-state index contributed by atoms with van der Waals surface area (Å²) < 4.78 is 0. The van der Waals surface area contributed by atoms with Gasteiger partial charge < -0.3 is 14.9 Å². The Morgan fingerprint density at radius 1 is 1.53 bits per heavy atom. The average Bonchev–Trinajstić information content (AvgIpc) is 2.41. The van der Waals surface area contributed by atoms with E-state index in [9.17, 15) is 4.79 Å². The summed E-state index contributed by atoms with van der Waals surface area (Å²) >= 11 is 0. The number of rotatable bonds is 4. The van der Waals surface area contributed by atoms with Crippen molar-refractivity contribution in [1.29, 1.82) is 0 Å². The van der Waals surface area contributed by atoms with Crippen LogP contribution in [0.4, 0.5) is 5.82 Å². The second-order valence-corrected chi connectivity index (χ2v) is 5.34. The molecule has 2 rings (SSSR count). The molecule has 19 heavy (non-hydrogen) atoms. The highest BCUT2D eigenvalue weighted by atomic mass is 16.4. The molecule has 0 bridgehead atoms. The monoisotopic (exact) mass is 263 g/mol. The summed E-state index contributed by atoms with van der Waals surface area (Å²) in [6.45, 7) is 3.21. The van der Waals surface area contributed by atoms with Crippen molar-refractivity contribution in [3.63, 3.8) is 0 Å². The SMILES string of the molecule is CN1CCC(CN(C)c2cc(C(=O)O)ccn2)CC1. The number of hydrogen-bond acceptors (Lipinski definition) is 4. The number of aromatic nitrogens is 1. The highest BCUT2D eigenvalue weighted by Gasteiger charge is 2.19. The van der Waals surface area contributed by atoms with Crippen molar-refractivity contribution in [3.8, 4) is 0 Å². The molecule has 104 valence electrons. The van der Waals surface area contributed by atoms with Crippen LogP contribution in [0.3, 0.4) is 0 Å². The summed E-state index contributed by atoms with van der Waals surface area (Å²) in [6, 6.07) is 3.16. The number of nitrogens with zero attached hydrogens (tertiary/aromatic N) is 3. The summed E-state index contributed by atoms with van der Waals surface area (Å²) in [5.41, 5.74) is 0.292. The van der Waals surface area contributed by atoms with E-state index in [1.165, 1.54) is 18.9 Å². The molecule has 0 aromatic carbocycles. The van der Waals surface area contributed by atoms with Crippen LogP contribution in [0.25, 0.3) is 0 Å². The second-order valence-electron chi connectivity index (χ2n) is 5.34. The first-order chi connectivity index (χ1) is 9.06. The highest BCUT2D eigenvalue weighted by Crippen LogP contribution is 2.19. The second kappa shape index (κ2) is 6.02. The van der Waals surface area contributed by atoms with Gasteiger partial charge in [0.25, 0.3) is 0 Å². The van der Waals surface area contributed by atoms with E-state index in [2.05, 4.69) is 21.8 Å². The van der Waals surface area contributed by atoms with Crippen molar-refractivity contribution in [2.24, 2.45) is 5.92 Å². The van der Waals surface area contributed by atoms with Crippen LogP contribution in [0.15, 0.2) is 18.3 Å². The summed E-state index contributed by atoms with van der Waals surface area (Å²) in [6.07, 6.45) is 3.95. The zero-order valence-electron chi connectivity index (χ0n) is 11.5. The number of likely N-dealkylation sites (tertiary alicyclic amines) is 1. The third kappa shape index (κ3) is 3.67. The van der Waals surface area contributed by atoms with Gasteiger partial charge in [-0.25, -0.2) is 9.78 Å². The molecule has 1 fully saturated rings. The van der Waals surface area contributed by atoms with E-state index in [1.54, 1.807) is 12.3 Å². The van der Waals surface area contributed by atoms with Crippen LogP contribution in [0.1, 0.15) is 23.2 Å². The lowest BCUT2D eigenvalue weighted by molar-refractivity contribution is 0.0697. The number of anilines is 1. The number of carboxylic acids is 1. The molecule has 2 heterocycles. The molecule has 1 aliphatic heterocycles. The minimum absolute atomic E-state index is 0.292. The van der Waals surface area contributed by atoms with Gasteiger partial charge in [-0.15, -0.1) is 0 Å². The van der Waals surface area contributed by atoms with E-state index in [-0.39, 0.29) is 0 Å². The Labute approximate surface area is 113 Å². The van der Waals surface area contributed by atoms with Gasteiger partial charge in [0.05, 0.1) is 5.56 Å². The van der Waals surface area contributed by atoms with Crippen LogP contribution in [0.5, 0.6) is 0 Å². The van der Waals surface area contributed by atoms with Gasteiger partial charge in [-0.3, -0.25) is 0 Å². The fraction of sp³-hybridized carbons (Fsp3) is 0.571. The third-order valence-electron chi connectivity index (χ3n) is 3.75. The van der Waals surface area contributed by atoms with Crippen LogP contribution >= 0.6 is 0 Å². The van der Waals surface area contributed by atoms with Gasteiger partial charge in [0.2, 0.25) is 0 Å². The largest absolute Gasteiger partial charge is 0.478 e. The average molecular weight is 263 g/mol.